The fourth-order valence-corrected chi connectivity index (χ4v) is 2.18. The lowest BCUT2D eigenvalue weighted by molar-refractivity contribution is -0.139. The fourth-order valence-electron chi connectivity index (χ4n) is 1.44. The standard InChI is InChI=1S/C12H14N2O3S/c1-16-11(15)7-9-8-18-12(14-9)13-5-4-10-3-2-6-17-10/h2-3,6,8H,4-5,7H2,1H3,(H,13,14). The first-order valence-corrected chi connectivity index (χ1v) is 6.43. The minimum absolute atomic E-state index is 0.215. The minimum atomic E-state index is -0.276. The highest BCUT2D eigenvalue weighted by atomic mass is 32.1. The summed E-state index contributed by atoms with van der Waals surface area (Å²) in [5.74, 6) is 0.663. The number of esters is 1. The molecule has 2 aromatic rings. The van der Waals surface area contributed by atoms with E-state index in [0.717, 1.165) is 29.6 Å². The van der Waals surface area contributed by atoms with Crippen molar-refractivity contribution in [3.63, 3.8) is 0 Å². The van der Waals surface area contributed by atoms with Gasteiger partial charge in [-0.3, -0.25) is 4.79 Å². The Morgan fingerprint density at radius 2 is 2.50 bits per heavy atom. The molecule has 0 atom stereocenters. The van der Waals surface area contributed by atoms with Crippen molar-refractivity contribution in [2.75, 3.05) is 19.0 Å². The van der Waals surface area contributed by atoms with Crippen molar-refractivity contribution in [3.8, 4) is 0 Å². The monoisotopic (exact) mass is 266 g/mol. The molecule has 0 radical (unpaired) electrons. The number of aromatic nitrogens is 1. The number of carbonyl (C=O) groups excluding carboxylic acids is 1. The van der Waals surface area contributed by atoms with Gasteiger partial charge in [0.2, 0.25) is 0 Å². The van der Waals surface area contributed by atoms with Gasteiger partial charge in [0.05, 0.1) is 25.5 Å². The van der Waals surface area contributed by atoms with Crippen LogP contribution >= 0.6 is 11.3 Å². The molecule has 0 amide bonds. The normalized spacial score (nSPS) is 10.3. The van der Waals surface area contributed by atoms with E-state index < -0.39 is 0 Å². The molecule has 2 heterocycles. The Hall–Kier alpha value is -1.82. The largest absolute Gasteiger partial charge is 0.469 e. The molecule has 0 saturated heterocycles. The van der Waals surface area contributed by atoms with E-state index in [4.69, 9.17) is 4.42 Å². The van der Waals surface area contributed by atoms with Crippen LogP contribution in [0.4, 0.5) is 5.13 Å². The second-order valence-electron chi connectivity index (χ2n) is 3.65. The molecule has 0 fully saturated rings. The maximum atomic E-state index is 11.1. The number of hydrogen-bond acceptors (Lipinski definition) is 6. The van der Waals surface area contributed by atoms with Gasteiger partial charge in [-0.2, -0.15) is 0 Å². The third-order valence-electron chi connectivity index (χ3n) is 2.33. The number of methoxy groups -OCH3 is 1. The molecule has 5 nitrogen and oxygen atoms in total. The molecule has 6 heteroatoms. The van der Waals surface area contributed by atoms with Crippen molar-refractivity contribution < 1.29 is 13.9 Å². The highest BCUT2D eigenvalue weighted by Crippen LogP contribution is 2.16. The van der Waals surface area contributed by atoms with Gasteiger partial charge in [-0.05, 0) is 12.1 Å². The van der Waals surface area contributed by atoms with Crippen LogP contribution < -0.4 is 5.32 Å². The summed E-state index contributed by atoms with van der Waals surface area (Å²) >= 11 is 1.48. The van der Waals surface area contributed by atoms with Crippen LogP contribution in [0, 0.1) is 0 Å². The zero-order valence-electron chi connectivity index (χ0n) is 10.0. The van der Waals surface area contributed by atoms with Gasteiger partial charge in [0.1, 0.15) is 5.76 Å². The van der Waals surface area contributed by atoms with Crippen molar-refractivity contribution in [2.45, 2.75) is 12.8 Å². The molecule has 0 saturated carbocycles. The average molecular weight is 266 g/mol. The van der Waals surface area contributed by atoms with Crippen LogP contribution in [0.15, 0.2) is 28.2 Å². The molecule has 0 aliphatic heterocycles. The van der Waals surface area contributed by atoms with E-state index >= 15 is 0 Å². The zero-order chi connectivity index (χ0) is 12.8. The number of carbonyl (C=O) groups is 1. The Bertz CT molecular complexity index is 493. The first kappa shape index (κ1) is 12.6. The highest BCUT2D eigenvalue weighted by Gasteiger charge is 2.07. The molecular formula is C12H14N2O3S. The molecule has 1 N–H and O–H groups in total. The predicted molar refractivity (Wildman–Crippen MR) is 68.7 cm³/mol. The number of nitrogens with zero attached hydrogens (tertiary/aromatic N) is 1. The predicted octanol–water partition coefficient (Wildman–Crippen LogP) is 2.11. The summed E-state index contributed by atoms with van der Waals surface area (Å²) in [5, 5.41) is 5.85. The van der Waals surface area contributed by atoms with E-state index in [9.17, 15) is 4.79 Å². The number of anilines is 1. The molecule has 2 rings (SSSR count). The molecule has 0 spiro atoms. The van der Waals surface area contributed by atoms with Crippen molar-refractivity contribution in [1.29, 1.82) is 0 Å². The van der Waals surface area contributed by atoms with E-state index in [1.807, 2.05) is 17.5 Å². The van der Waals surface area contributed by atoms with Gasteiger partial charge >= 0.3 is 5.97 Å². The lowest BCUT2D eigenvalue weighted by Gasteiger charge is -1.99. The maximum Gasteiger partial charge on any atom is 0.311 e. The van der Waals surface area contributed by atoms with Gasteiger partial charge in [0.25, 0.3) is 0 Å². The molecule has 18 heavy (non-hydrogen) atoms. The molecule has 0 aliphatic rings. The number of rotatable bonds is 6. The molecule has 0 bridgehead atoms. The van der Waals surface area contributed by atoms with Crippen LogP contribution in [-0.2, 0) is 22.4 Å². The summed E-state index contributed by atoms with van der Waals surface area (Å²) in [6, 6.07) is 3.80. The quantitative estimate of drug-likeness (QED) is 0.811. The van der Waals surface area contributed by atoms with Crippen LogP contribution in [0.3, 0.4) is 0 Å². The topological polar surface area (TPSA) is 64.4 Å². The van der Waals surface area contributed by atoms with Crippen molar-refractivity contribution >= 4 is 22.4 Å². The van der Waals surface area contributed by atoms with Gasteiger partial charge in [-0.25, -0.2) is 4.98 Å². The summed E-state index contributed by atoms with van der Waals surface area (Å²) in [5.41, 5.74) is 0.729. The first-order chi connectivity index (χ1) is 8.78. The van der Waals surface area contributed by atoms with Gasteiger partial charge in [-0.15, -0.1) is 11.3 Å². The summed E-state index contributed by atoms with van der Waals surface area (Å²) in [6.45, 7) is 0.749. The van der Waals surface area contributed by atoms with E-state index in [1.54, 1.807) is 6.26 Å². The van der Waals surface area contributed by atoms with E-state index in [1.165, 1.54) is 18.4 Å². The lowest BCUT2D eigenvalue weighted by Crippen LogP contribution is -2.06. The highest BCUT2D eigenvalue weighted by molar-refractivity contribution is 7.13. The van der Waals surface area contributed by atoms with Crippen LogP contribution in [0.1, 0.15) is 11.5 Å². The van der Waals surface area contributed by atoms with Gasteiger partial charge in [0, 0.05) is 18.3 Å². The van der Waals surface area contributed by atoms with Crippen molar-refractivity contribution in [3.05, 3.63) is 35.2 Å². The molecular weight excluding hydrogens is 252 g/mol. The van der Waals surface area contributed by atoms with Gasteiger partial charge in [0.15, 0.2) is 5.13 Å². The van der Waals surface area contributed by atoms with E-state index in [2.05, 4.69) is 15.0 Å². The minimum Gasteiger partial charge on any atom is -0.469 e. The lowest BCUT2D eigenvalue weighted by atomic mass is 10.3. The van der Waals surface area contributed by atoms with E-state index in [0.29, 0.717) is 0 Å². The number of furan rings is 1. The summed E-state index contributed by atoms with van der Waals surface area (Å²) < 4.78 is 9.81. The Kier molecular flexibility index (Phi) is 4.35. The molecule has 0 unspecified atom stereocenters. The van der Waals surface area contributed by atoms with Crippen molar-refractivity contribution in [2.24, 2.45) is 0 Å². The Morgan fingerprint density at radius 3 is 3.22 bits per heavy atom. The number of nitrogens with one attached hydrogen (secondary N) is 1. The van der Waals surface area contributed by atoms with Crippen LogP contribution in [0.5, 0.6) is 0 Å². The smallest absolute Gasteiger partial charge is 0.311 e. The van der Waals surface area contributed by atoms with Crippen LogP contribution in [0.25, 0.3) is 0 Å². The summed E-state index contributed by atoms with van der Waals surface area (Å²) in [4.78, 5) is 15.4. The Morgan fingerprint density at radius 1 is 1.61 bits per heavy atom. The van der Waals surface area contributed by atoms with Crippen LogP contribution in [0.2, 0.25) is 0 Å². The zero-order valence-corrected chi connectivity index (χ0v) is 10.8. The maximum absolute atomic E-state index is 11.1. The number of ether oxygens (including phenoxy) is 1. The third kappa shape index (κ3) is 3.59. The fraction of sp³-hybridized carbons (Fsp3) is 0.333. The third-order valence-corrected chi connectivity index (χ3v) is 3.18. The average Bonchev–Trinajstić information content (AvgIpc) is 3.01. The number of thiazole rings is 1. The summed E-state index contributed by atoms with van der Waals surface area (Å²) in [7, 11) is 1.37. The molecule has 96 valence electrons. The molecule has 0 aromatic carbocycles. The Labute approximate surface area is 109 Å². The SMILES string of the molecule is COC(=O)Cc1csc(NCCc2ccco2)n1. The molecule has 2 aromatic heterocycles. The second-order valence-corrected chi connectivity index (χ2v) is 4.51. The first-order valence-electron chi connectivity index (χ1n) is 5.55. The Balaban J connectivity index is 1.78. The van der Waals surface area contributed by atoms with E-state index in [-0.39, 0.29) is 12.4 Å². The second kappa shape index (κ2) is 6.20. The number of hydrogen-bond donors (Lipinski definition) is 1. The molecule has 0 aliphatic carbocycles. The van der Waals surface area contributed by atoms with Gasteiger partial charge < -0.3 is 14.5 Å². The van der Waals surface area contributed by atoms with Crippen molar-refractivity contribution in [1.82, 2.24) is 4.98 Å². The summed E-state index contributed by atoms with van der Waals surface area (Å²) in [6.07, 6.45) is 2.68. The van der Waals surface area contributed by atoms with Gasteiger partial charge in [-0.1, -0.05) is 0 Å². The van der Waals surface area contributed by atoms with Crippen LogP contribution in [-0.4, -0.2) is 24.6 Å².